The number of carbonyl (C=O) groups excluding carboxylic acids is 1. The maximum absolute atomic E-state index is 12.8. The fourth-order valence-corrected chi connectivity index (χ4v) is 3.84. The highest BCUT2D eigenvalue weighted by molar-refractivity contribution is 5.94. The Labute approximate surface area is 162 Å². The molecule has 0 unspecified atom stereocenters. The van der Waals surface area contributed by atoms with Gasteiger partial charge in [0.2, 0.25) is 0 Å². The van der Waals surface area contributed by atoms with E-state index in [2.05, 4.69) is 22.1 Å². The highest BCUT2D eigenvalue weighted by Gasteiger charge is 2.28. The zero-order chi connectivity index (χ0) is 19.1. The monoisotopic (exact) mass is 376 g/mol. The first-order valence-corrected chi connectivity index (χ1v) is 10.0. The van der Waals surface area contributed by atoms with Crippen molar-refractivity contribution < 1.29 is 14.3 Å². The predicted molar refractivity (Wildman–Crippen MR) is 105 cm³/mol. The number of carbonyl (C=O) groups is 1. The third-order valence-electron chi connectivity index (χ3n) is 5.54. The number of pyridine rings is 1. The molecule has 7 heteroatoms. The van der Waals surface area contributed by atoms with Gasteiger partial charge < -0.3 is 19.7 Å². The molecule has 0 aliphatic carbocycles. The van der Waals surface area contributed by atoms with Crippen molar-refractivity contribution >= 4 is 11.7 Å². The van der Waals surface area contributed by atoms with Crippen LogP contribution in [0.3, 0.4) is 0 Å². The Morgan fingerprint density at radius 1 is 1.30 bits per heavy atom. The Morgan fingerprint density at radius 2 is 2.04 bits per heavy atom. The predicted octanol–water partition coefficient (Wildman–Crippen LogP) is 1.86. The van der Waals surface area contributed by atoms with Crippen molar-refractivity contribution in [1.29, 1.82) is 0 Å². The molecule has 7 nitrogen and oxygen atoms in total. The molecule has 2 aliphatic heterocycles. The van der Waals surface area contributed by atoms with E-state index in [1.54, 1.807) is 13.3 Å². The van der Waals surface area contributed by atoms with Crippen molar-refractivity contribution in [1.82, 2.24) is 14.8 Å². The van der Waals surface area contributed by atoms with Gasteiger partial charge in [-0.05, 0) is 31.4 Å². The van der Waals surface area contributed by atoms with Crippen LogP contribution in [0, 0.1) is 0 Å². The largest absolute Gasteiger partial charge is 0.383 e. The fraction of sp³-hybridized carbons (Fsp3) is 0.700. The molecule has 1 aromatic rings. The second-order valence-electron chi connectivity index (χ2n) is 7.31. The van der Waals surface area contributed by atoms with Crippen molar-refractivity contribution in [3.05, 3.63) is 23.9 Å². The highest BCUT2D eigenvalue weighted by Crippen LogP contribution is 2.20. The molecule has 0 bridgehead atoms. The number of piperidine rings is 1. The lowest BCUT2D eigenvalue weighted by molar-refractivity contribution is 0.00158. The molecule has 3 heterocycles. The first-order chi connectivity index (χ1) is 13.2. The standard InChI is InChI=1S/C20H32N4O3/c1-3-17(15-26-2)22-19-5-4-16(14-21-19)20(25)24-8-6-18(7-9-24)23-10-12-27-13-11-23/h4-5,14,17-18H,3,6-13,15H2,1-2H3,(H,21,22)/t17-/m1/s1. The van der Waals surface area contributed by atoms with Gasteiger partial charge in [-0.1, -0.05) is 6.92 Å². The van der Waals surface area contributed by atoms with Gasteiger partial charge in [-0.15, -0.1) is 0 Å². The molecule has 2 saturated heterocycles. The Balaban J connectivity index is 1.50. The third kappa shape index (κ3) is 5.40. The lowest BCUT2D eigenvalue weighted by atomic mass is 10.0. The number of hydrogen-bond donors (Lipinski definition) is 1. The van der Waals surface area contributed by atoms with Crippen molar-refractivity contribution in [2.75, 3.05) is 58.4 Å². The molecule has 0 aromatic carbocycles. The minimum absolute atomic E-state index is 0.0819. The lowest BCUT2D eigenvalue weighted by Gasteiger charge is -2.40. The normalized spacial score (nSPS) is 20.4. The van der Waals surface area contributed by atoms with Crippen LogP contribution in [0.25, 0.3) is 0 Å². The Kier molecular flexibility index (Phi) is 7.43. The van der Waals surface area contributed by atoms with E-state index in [9.17, 15) is 4.79 Å². The van der Waals surface area contributed by atoms with Gasteiger partial charge in [0.05, 0.1) is 31.4 Å². The van der Waals surface area contributed by atoms with E-state index in [0.29, 0.717) is 18.2 Å². The van der Waals surface area contributed by atoms with E-state index in [4.69, 9.17) is 9.47 Å². The summed E-state index contributed by atoms with van der Waals surface area (Å²) in [4.78, 5) is 21.7. The zero-order valence-electron chi connectivity index (χ0n) is 16.5. The van der Waals surface area contributed by atoms with Gasteiger partial charge in [0.25, 0.3) is 5.91 Å². The minimum Gasteiger partial charge on any atom is -0.383 e. The van der Waals surface area contributed by atoms with E-state index in [1.807, 2.05) is 17.0 Å². The number of amides is 1. The van der Waals surface area contributed by atoms with Gasteiger partial charge in [0.1, 0.15) is 5.82 Å². The number of methoxy groups -OCH3 is 1. The number of rotatable bonds is 7. The van der Waals surface area contributed by atoms with Crippen LogP contribution >= 0.6 is 0 Å². The molecule has 0 radical (unpaired) electrons. The molecule has 1 amide bonds. The number of likely N-dealkylation sites (tertiary alicyclic amines) is 1. The molecule has 2 fully saturated rings. The number of hydrogen-bond acceptors (Lipinski definition) is 6. The first kappa shape index (κ1) is 20.0. The number of aromatic nitrogens is 1. The summed E-state index contributed by atoms with van der Waals surface area (Å²) in [5.74, 6) is 0.861. The number of ether oxygens (including phenoxy) is 2. The van der Waals surface area contributed by atoms with Gasteiger partial charge in [-0.25, -0.2) is 4.98 Å². The van der Waals surface area contributed by atoms with Crippen LogP contribution in [0.2, 0.25) is 0 Å². The zero-order valence-corrected chi connectivity index (χ0v) is 16.5. The van der Waals surface area contributed by atoms with Crippen LogP contribution in [0.5, 0.6) is 0 Å². The van der Waals surface area contributed by atoms with Crippen molar-refractivity contribution in [3.63, 3.8) is 0 Å². The van der Waals surface area contributed by atoms with E-state index in [0.717, 1.165) is 64.5 Å². The van der Waals surface area contributed by atoms with E-state index < -0.39 is 0 Å². The number of nitrogens with one attached hydrogen (secondary N) is 1. The second kappa shape index (κ2) is 10.0. The van der Waals surface area contributed by atoms with Gasteiger partial charge in [0, 0.05) is 45.5 Å². The summed E-state index contributed by atoms with van der Waals surface area (Å²) < 4.78 is 10.6. The number of morpholine rings is 1. The van der Waals surface area contributed by atoms with Gasteiger partial charge in [-0.3, -0.25) is 9.69 Å². The van der Waals surface area contributed by atoms with E-state index in [1.165, 1.54) is 0 Å². The smallest absolute Gasteiger partial charge is 0.255 e. The summed E-state index contributed by atoms with van der Waals surface area (Å²) >= 11 is 0. The molecule has 0 spiro atoms. The summed E-state index contributed by atoms with van der Waals surface area (Å²) in [5.41, 5.74) is 0.658. The summed E-state index contributed by atoms with van der Waals surface area (Å²) in [6, 6.07) is 4.55. The first-order valence-electron chi connectivity index (χ1n) is 10.0. The number of nitrogens with zero attached hydrogens (tertiary/aromatic N) is 3. The SMILES string of the molecule is CC[C@H](COC)Nc1ccc(C(=O)N2CCC(N3CCOCC3)CC2)cn1. The summed E-state index contributed by atoms with van der Waals surface area (Å²) in [6.07, 6.45) is 4.70. The van der Waals surface area contributed by atoms with Gasteiger partial charge in [-0.2, -0.15) is 0 Å². The molecule has 1 aromatic heterocycles. The van der Waals surface area contributed by atoms with Crippen LogP contribution < -0.4 is 5.32 Å². The molecular weight excluding hydrogens is 344 g/mol. The van der Waals surface area contributed by atoms with Crippen LogP contribution in [-0.4, -0.2) is 85.9 Å². The highest BCUT2D eigenvalue weighted by atomic mass is 16.5. The molecule has 1 atom stereocenters. The summed E-state index contributed by atoms with van der Waals surface area (Å²) in [6.45, 7) is 8.05. The molecule has 3 rings (SSSR count). The van der Waals surface area contributed by atoms with Crippen molar-refractivity contribution in [2.45, 2.75) is 38.3 Å². The average molecular weight is 377 g/mol. The molecule has 27 heavy (non-hydrogen) atoms. The molecule has 2 aliphatic rings. The molecular formula is C20H32N4O3. The minimum atomic E-state index is 0.0819. The van der Waals surface area contributed by atoms with Crippen LogP contribution in [-0.2, 0) is 9.47 Å². The van der Waals surface area contributed by atoms with Crippen LogP contribution in [0.15, 0.2) is 18.3 Å². The van der Waals surface area contributed by atoms with Crippen molar-refractivity contribution in [3.8, 4) is 0 Å². The van der Waals surface area contributed by atoms with E-state index in [-0.39, 0.29) is 11.9 Å². The van der Waals surface area contributed by atoms with Crippen LogP contribution in [0.4, 0.5) is 5.82 Å². The second-order valence-corrected chi connectivity index (χ2v) is 7.31. The maximum atomic E-state index is 12.8. The summed E-state index contributed by atoms with van der Waals surface area (Å²) in [7, 11) is 1.70. The third-order valence-corrected chi connectivity index (χ3v) is 5.54. The Hall–Kier alpha value is -1.70. The Bertz CT molecular complexity index is 581. The van der Waals surface area contributed by atoms with Crippen molar-refractivity contribution in [2.24, 2.45) is 0 Å². The van der Waals surface area contributed by atoms with Gasteiger partial charge in [0.15, 0.2) is 0 Å². The lowest BCUT2D eigenvalue weighted by Crippen LogP contribution is -2.50. The van der Waals surface area contributed by atoms with Crippen LogP contribution in [0.1, 0.15) is 36.5 Å². The summed E-state index contributed by atoms with van der Waals surface area (Å²) in [5, 5.41) is 3.34. The topological polar surface area (TPSA) is 66.9 Å². The molecule has 150 valence electrons. The fourth-order valence-electron chi connectivity index (χ4n) is 3.84. The maximum Gasteiger partial charge on any atom is 0.255 e. The molecule has 1 N–H and O–H groups in total. The Morgan fingerprint density at radius 3 is 2.63 bits per heavy atom. The van der Waals surface area contributed by atoms with E-state index >= 15 is 0 Å². The van der Waals surface area contributed by atoms with Gasteiger partial charge >= 0.3 is 0 Å². The molecule has 0 saturated carbocycles. The average Bonchev–Trinajstić information content (AvgIpc) is 2.74. The quantitative estimate of drug-likeness (QED) is 0.783. The number of anilines is 1.